The second-order valence-electron chi connectivity index (χ2n) is 7.52. The summed E-state index contributed by atoms with van der Waals surface area (Å²) in [5.41, 5.74) is 1.24. The van der Waals surface area contributed by atoms with E-state index in [0.29, 0.717) is 12.5 Å². The number of amides is 1. The van der Waals surface area contributed by atoms with Crippen LogP contribution in [0, 0.1) is 0 Å². The predicted octanol–water partition coefficient (Wildman–Crippen LogP) is 2.10. The largest absolute Gasteiger partial charge is 0.376 e. The SMILES string of the molecule is CCN(CCCNC(=NCC(=O)N(C)C)NCC1CCCCO1)c1ccccc1. The van der Waals surface area contributed by atoms with Gasteiger partial charge >= 0.3 is 0 Å². The molecule has 2 rings (SSSR count). The van der Waals surface area contributed by atoms with E-state index in [9.17, 15) is 4.79 Å². The average molecular weight is 404 g/mol. The Morgan fingerprint density at radius 2 is 2.00 bits per heavy atom. The molecule has 1 fully saturated rings. The van der Waals surface area contributed by atoms with Gasteiger partial charge in [-0.05, 0) is 44.7 Å². The van der Waals surface area contributed by atoms with Crippen molar-refractivity contribution in [3.8, 4) is 0 Å². The number of nitrogens with one attached hydrogen (secondary N) is 2. The van der Waals surface area contributed by atoms with Crippen molar-refractivity contribution in [2.24, 2.45) is 4.99 Å². The molecule has 1 heterocycles. The molecule has 0 saturated carbocycles. The molecule has 0 aliphatic carbocycles. The fourth-order valence-corrected chi connectivity index (χ4v) is 3.23. The van der Waals surface area contributed by atoms with Crippen LogP contribution in [0.4, 0.5) is 5.69 Å². The molecule has 0 aromatic heterocycles. The Hall–Kier alpha value is -2.28. The molecule has 0 radical (unpaired) electrons. The number of anilines is 1. The number of carbonyl (C=O) groups is 1. The van der Waals surface area contributed by atoms with Crippen molar-refractivity contribution in [2.75, 3.05) is 58.3 Å². The van der Waals surface area contributed by atoms with Gasteiger partial charge in [-0.1, -0.05) is 18.2 Å². The number of likely N-dealkylation sites (N-methyl/N-ethyl adjacent to an activating group) is 1. The smallest absolute Gasteiger partial charge is 0.243 e. The lowest BCUT2D eigenvalue weighted by Crippen LogP contribution is -2.44. The number of rotatable bonds is 10. The molecule has 7 heteroatoms. The fraction of sp³-hybridized carbons (Fsp3) is 0.636. The molecule has 1 amide bonds. The summed E-state index contributed by atoms with van der Waals surface area (Å²) in [5, 5.41) is 6.72. The highest BCUT2D eigenvalue weighted by atomic mass is 16.5. The number of benzene rings is 1. The van der Waals surface area contributed by atoms with Gasteiger partial charge in [0.15, 0.2) is 5.96 Å². The molecule has 7 nitrogen and oxygen atoms in total. The lowest BCUT2D eigenvalue weighted by molar-refractivity contribution is -0.127. The van der Waals surface area contributed by atoms with Crippen LogP contribution >= 0.6 is 0 Å². The summed E-state index contributed by atoms with van der Waals surface area (Å²) >= 11 is 0. The summed E-state index contributed by atoms with van der Waals surface area (Å²) in [5.74, 6) is 0.665. The maximum absolute atomic E-state index is 11.9. The number of carbonyl (C=O) groups excluding carboxylic acids is 1. The van der Waals surface area contributed by atoms with Gasteiger partial charge in [-0.3, -0.25) is 4.79 Å². The number of hydrogen-bond acceptors (Lipinski definition) is 4. The van der Waals surface area contributed by atoms with Crippen LogP contribution in [0.3, 0.4) is 0 Å². The molecule has 0 spiro atoms. The summed E-state index contributed by atoms with van der Waals surface area (Å²) in [6, 6.07) is 10.5. The third-order valence-electron chi connectivity index (χ3n) is 5.04. The molecular formula is C22H37N5O2. The zero-order valence-electron chi connectivity index (χ0n) is 18.2. The molecule has 1 unspecified atom stereocenters. The minimum absolute atomic E-state index is 0.0127. The summed E-state index contributed by atoms with van der Waals surface area (Å²) in [6.07, 6.45) is 4.61. The molecule has 1 aliphatic rings. The quantitative estimate of drug-likeness (QED) is 0.356. The third kappa shape index (κ3) is 8.73. The highest BCUT2D eigenvalue weighted by Gasteiger charge is 2.14. The number of ether oxygens (including phenoxy) is 1. The van der Waals surface area contributed by atoms with Crippen LogP contribution in [0.2, 0.25) is 0 Å². The average Bonchev–Trinajstić information content (AvgIpc) is 2.76. The second kappa shape index (κ2) is 13.0. The lowest BCUT2D eigenvalue weighted by atomic mass is 10.1. The van der Waals surface area contributed by atoms with Crippen LogP contribution < -0.4 is 15.5 Å². The van der Waals surface area contributed by atoms with E-state index in [1.54, 1.807) is 19.0 Å². The Morgan fingerprint density at radius 3 is 2.66 bits per heavy atom. The standard InChI is InChI=1S/C22H37N5O2/c1-4-27(19-11-6-5-7-12-19)15-10-14-23-22(25-18-21(28)26(2)3)24-17-20-13-8-9-16-29-20/h5-7,11-12,20H,4,8-10,13-18H2,1-3H3,(H2,23,24,25). The van der Waals surface area contributed by atoms with Gasteiger partial charge in [0.25, 0.3) is 0 Å². The van der Waals surface area contributed by atoms with E-state index < -0.39 is 0 Å². The first-order valence-corrected chi connectivity index (χ1v) is 10.7. The summed E-state index contributed by atoms with van der Waals surface area (Å²) in [4.78, 5) is 20.3. The minimum atomic E-state index is -0.0127. The Kier molecular flexibility index (Phi) is 10.3. The maximum atomic E-state index is 11.9. The third-order valence-corrected chi connectivity index (χ3v) is 5.04. The van der Waals surface area contributed by atoms with Gasteiger partial charge in [-0.15, -0.1) is 0 Å². The topological polar surface area (TPSA) is 69.2 Å². The predicted molar refractivity (Wildman–Crippen MR) is 120 cm³/mol. The maximum Gasteiger partial charge on any atom is 0.243 e. The van der Waals surface area contributed by atoms with Crippen LogP contribution in [-0.4, -0.2) is 76.3 Å². The minimum Gasteiger partial charge on any atom is -0.376 e. The van der Waals surface area contributed by atoms with Crippen molar-refractivity contribution < 1.29 is 9.53 Å². The molecule has 2 N–H and O–H groups in total. The normalized spacial score (nSPS) is 16.9. The molecule has 1 aliphatic heterocycles. The van der Waals surface area contributed by atoms with Crippen LogP contribution in [0.1, 0.15) is 32.6 Å². The van der Waals surface area contributed by atoms with Crippen LogP contribution in [0.15, 0.2) is 35.3 Å². The van der Waals surface area contributed by atoms with Crippen LogP contribution in [0.5, 0.6) is 0 Å². The first-order valence-electron chi connectivity index (χ1n) is 10.7. The van der Waals surface area contributed by atoms with Gasteiger partial charge in [-0.25, -0.2) is 4.99 Å². The Morgan fingerprint density at radius 1 is 1.21 bits per heavy atom. The van der Waals surface area contributed by atoms with Crippen LogP contribution in [-0.2, 0) is 9.53 Å². The fourth-order valence-electron chi connectivity index (χ4n) is 3.23. The van der Waals surface area contributed by atoms with Gasteiger partial charge < -0.3 is 25.2 Å². The zero-order chi connectivity index (χ0) is 20.9. The molecule has 1 saturated heterocycles. The van der Waals surface area contributed by atoms with Gasteiger partial charge in [-0.2, -0.15) is 0 Å². The van der Waals surface area contributed by atoms with Gasteiger partial charge in [0.05, 0.1) is 6.10 Å². The Balaban J connectivity index is 1.81. The molecule has 29 heavy (non-hydrogen) atoms. The second-order valence-corrected chi connectivity index (χ2v) is 7.52. The van der Waals surface area contributed by atoms with E-state index in [2.05, 4.69) is 51.7 Å². The summed E-state index contributed by atoms with van der Waals surface area (Å²) < 4.78 is 5.79. The van der Waals surface area contributed by atoms with Gasteiger partial charge in [0.2, 0.25) is 5.91 Å². The van der Waals surface area contributed by atoms with Crippen molar-refractivity contribution in [2.45, 2.75) is 38.7 Å². The summed E-state index contributed by atoms with van der Waals surface area (Å²) in [6.45, 7) is 6.58. The molecule has 1 aromatic carbocycles. The van der Waals surface area contributed by atoms with Crippen molar-refractivity contribution in [1.29, 1.82) is 0 Å². The number of hydrogen-bond donors (Lipinski definition) is 2. The van der Waals surface area contributed by atoms with E-state index >= 15 is 0 Å². The highest BCUT2D eigenvalue weighted by Crippen LogP contribution is 2.13. The summed E-state index contributed by atoms with van der Waals surface area (Å²) in [7, 11) is 3.49. The number of guanidine groups is 1. The lowest BCUT2D eigenvalue weighted by Gasteiger charge is -2.25. The number of nitrogens with zero attached hydrogens (tertiary/aromatic N) is 3. The molecule has 1 aromatic rings. The molecular weight excluding hydrogens is 366 g/mol. The number of aliphatic imine (C=N–C) groups is 1. The monoisotopic (exact) mass is 403 g/mol. The van der Waals surface area contributed by atoms with Crippen LogP contribution in [0.25, 0.3) is 0 Å². The van der Waals surface area contributed by atoms with E-state index in [-0.39, 0.29) is 18.6 Å². The van der Waals surface area contributed by atoms with Crippen molar-refractivity contribution in [3.63, 3.8) is 0 Å². The van der Waals surface area contributed by atoms with Crippen molar-refractivity contribution >= 4 is 17.6 Å². The van der Waals surface area contributed by atoms with Gasteiger partial charge in [0, 0.05) is 52.6 Å². The number of para-hydroxylation sites is 1. The van der Waals surface area contributed by atoms with E-state index in [4.69, 9.17) is 4.74 Å². The molecule has 1 atom stereocenters. The highest BCUT2D eigenvalue weighted by molar-refractivity contribution is 5.84. The van der Waals surface area contributed by atoms with Gasteiger partial charge in [0.1, 0.15) is 6.54 Å². The van der Waals surface area contributed by atoms with E-state index in [0.717, 1.165) is 45.5 Å². The molecule has 162 valence electrons. The van der Waals surface area contributed by atoms with Crippen molar-refractivity contribution in [3.05, 3.63) is 30.3 Å². The Labute approximate surface area is 175 Å². The Bertz CT molecular complexity index is 615. The van der Waals surface area contributed by atoms with E-state index in [1.807, 2.05) is 6.07 Å². The first kappa shape index (κ1) is 23.0. The molecule has 0 bridgehead atoms. The zero-order valence-corrected chi connectivity index (χ0v) is 18.2. The van der Waals surface area contributed by atoms with E-state index in [1.165, 1.54) is 12.1 Å². The van der Waals surface area contributed by atoms with Crippen molar-refractivity contribution in [1.82, 2.24) is 15.5 Å². The first-order chi connectivity index (χ1) is 14.1.